The number of hydrogen-bond acceptors (Lipinski definition) is 1. The molecule has 0 radical (unpaired) electrons. The van der Waals surface area contributed by atoms with Gasteiger partial charge >= 0.3 is 0 Å². The Labute approximate surface area is 84.3 Å². The van der Waals surface area contributed by atoms with Gasteiger partial charge in [0.1, 0.15) is 5.82 Å². The molecule has 1 aromatic carbocycles. The molecule has 0 atom stereocenters. The highest BCUT2D eigenvalue weighted by Gasteiger charge is 2.20. The van der Waals surface area contributed by atoms with Crippen LogP contribution in [0, 0.1) is 18.7 Å². The fourth-order valence-corrected chi connectivity index (χ4v) is 1.53. The van der Waals surface area contributed by atoms with Crippen LogP contribution >= 0.6 is 0 Å². The summed E-state index contributed by atoms with van der Waals surface area (Å²) in [7, 11) is 0. The van der Waals surface area contributed by atoms with Crippen LogP contribution in [0.15, 0.2) is 18.2 Å². The van der Waals surface area contributed by atoms with Crippen molar-refractivity contribution in [1.82, 2.24) is 0 Å². The molecule has 0 aliphatic heterocycles. The van der Waals surface area contributed by atoms with E-state index in [9.17, 15) is 4.39 Å². The second-order valence-corrected chi connectivity index (χ2v) is 4.12. The third kappa shape index (κ3) is 2.47. The predicted octanol–water partition coefficient (Wildman–Crippen LogP) is 3.35. The molecule has 1 fully saturated rings. The second-order valence-electron chi connectivity index (χ2n) is 4.12. The monoisotopic (exact) mass is 193 g/mol. The zero-order valence-corrected chi connectivity index (χ0v) is 8.52. The van der Waals surface area contributed by atoms with Gasteiger partial charge in [-0.3, -0.25) is 0 Å². The summed E-state index contributed by atoms with van der Waals surface area (Å²) in [4.78, 5) is 0. The van der Waals surface area contributed by atoms with E-state index in [4.69, 9.17) is 0 Å². The summed E-state index contributed by atoms with van der Waals surface area (Å²) in [6, 6.07) is 5.32. The number of benzene rings is 1. The molecule has 1 aliphatic rings. The molecular weight excluding hydrogens is 177 g/mol. The van der Waals surface area contributed by atoms with Crippen molar-refractivity contribution in [3.8, 4) is 0 Å². The number of rotatable bonds is 4. The van der Waals surface area contributed by atoms with Crippen molar-refractivity contribution in [3.05, 3.63) is 29.6 Å². The van der Waals surface area contributed by atoms with Crippen LogP contribution in [-0.2, 0) is 0 Å². The fourth-order valence-electron chi connectivity index (χ4n) is 1.53. The normalized spacial score (nSPS) is 15.6. The lowest BCUT2D eigenvalue weighted by Gasteiger charge is -2.06. The topological polar surface area (TPSA) is 12.0 Å². The molecule has 1 N–H and O–H groups in total. The summed E-state index contributed by atoms with van der Waals surface area (Å²) in [5.74, 6) is 0.805. The van der Waals surface area contributed by atoms with E-state index in [1.54, 1.807) is 13.0 Å². The van der Waals surface area contributed by atoms with Gasteiger partial charge in [-0.1, -0.05) is 18.9 Å². The van der Waals surface area contributed by atoms with Crippen LogP contribution in [0.25, 0.3) is 0 Å². The van der Waals surface area contributed by atoms with E-state index >= 15 is 0 Å². The molecule has 0 spiro atoms. The highest BCUT2D eigenvalue weighted by Crippen LogP contribution is 2.32. The van der Waals surface area contributed by atoms with Crippen molar-refractivity contribution in [1.29, 1.82) is 0 Å². The van der Waals surface area contributed by atoms with Crippen molar-refractivity contribution >= 4 is 5.69 Å². The number of hydrogen-bond donors (Lipinski definition) is 1. The fraction of sp³-hybridized carbons (Fsp3) is 0.500. The molecule has 0 amide bonds. The van der Waals surface area contributed by atoms with Crippen molar-refractivity contribution < 1.29 is 4.39 Å². The summed E-state index contributed by atoms with van der Waals surface area (Å²) in [6.07, 6.45) is 3.98. The van der Waals surface area contributed by atoms with Crippen molar-refractivity contribution in [2.45, 2.75) is 26.2 Å². The smallest absolute Gasteiger partial charge is 0.128 e. The molecule has 14 heavy (non-hydrogen) atoms. The van der Waals surface area contributed by atoms with Crippen LogP contribution in [0.5, 0.6) is 0 Å². The first-order valence-electron chi connectivity index (χ1n) is 5.26. The van der Waals surface area contributed by atoms with E-state index in [0.29, 0.717) is 5.56 Å². The van der Waals surface area contributed by atoms with E-state index < -0.39 is 0 Å². The lowest BCUT2D eigenvalue weighted by Crippen LogP contribution is -2.02. The van der Waals surface area contributed by atoms with Gasteiger partial charge in [0, 0.05) is 12.2 Å². The first-order chi connectivity index (χ1) is 6.75. The maximum Gasteiger partial charge on any atom is 0.128 e. The first kappa shape index (κ1) is 9.50. The Hall–Kier alpha value is -1.05. The van der Waals surface area contributed by atoms with Crippen LogP contribution in [0.2, 0.25) is 0 Å². The molecule has 0 saturated heterocycles. The van der Waals surface area contributed by atoms with Gasteiger partial charge in [0.15, 0.2) is 0 Å². The van der Waals surface area contributed by atoms with Gasteiger partial charge in [0.05, 0.1) is 0 Å². The van der Waals surface area contributed by atoms with E-state index in [2.05, 4.69) is 5.32 Å². The van der Waals surface area contributed by atoms with E-state index in [0.717, 1.165) is 18.2 Å². The molecular formula is C12H16FN. The Bertz CT molecular complexity index is 318. The summed E-state index contributed by atoms with van der Waals surface area (Å²) >= 11 is 0. The molecule has 2 rings (SSSR count). The lowest BCUT2D eigenvalue weighted by molar-refractivity contribution is 0.619. The minimum Gasteiger partial charge on any atom is -0.385 e. The Kier molecular flexibility index (Phi) is 2.71. The lowest BCUT2D eigenvalue weighted by atomic mass is 10.2. The number of aryl methyl sites for hydroxylation is 1. The number of nitrogens with one attached hydrogen (secondary N) is 1. The van der Waals surface area contributed by atoms with Crippen molar-refractivity contribution in [3.63, 3.8) is 0 Å². The highest BCUT2D eigenvalue weighted by atomic mass is 19.1. The third-order valence-corrected chi connectivity index (χ3v) is 2.75. The Morgan fingerprint density at radius 1 is 1.43 bits per heavy atom. The van der Waals surface area contributed by atoms with Crippen LogP contribution < -0.4 is 5.32 Å². The van der Waals surface area contributed by atoms with Gasteiger partial charge in [-0.2, -0.15) is 0 Å². The van der Waals surface area contributed by atoms with Crippen molar-refractivity contribution in [2.24, 2.45) is 5.92 Å². The predicted molar refractivity (Wildman–Crippen MR) is 57.0 cm³/mol. The van der Waals surface area contributed by atoms with Crippen LogP contribution in [-0.4, -0.2) is 6.54 Å². The Balaban J connectivity index is 1.85. The molecule has 0 aromatic heterocycles. The molecule has 1 nitrogen and oxygen atoms in total. The maximum atomic E-state index is 13.1. The van der Waals surface area contributed by atoms with Gasteiger partial charge in [-0.05, 0) is 37.0 Å². The summed E-state index contributed by atoms with van der Waals surface area (Å²) in [5.41, 5.74) is 1.60. The van der Waals surface area contributed by atoms with Crippen molar-refractivity contribution in [2.75, 3.05) is 11.9 Å². The van der Waals surface area contributed by atoms with Gasteiger partial charge in [0.2, 0.25) is 0 Å². The molecule has 0 bridgehead atoms. The van der Waals surface area contributed by atoms with E-state index in [-0.39, 0.29) is 5.82 Å². The van der Waals surface area contributed by atoms with Gasteiger partial charge in [-0.25, -0.2) is 4.39 Å². The first-order valence-corrected chi connectivity index (χ1v) is 5.26. The third-order valence-electron chi connectivity index (χ3n) is 2.75. The molecule has 1 aliphatic carbocycles. The number of halogens is 1. The maximum absolute atomic E-state index is 13.1. The van der Waals surface area contributed by atoms with E-state index in [1.807, 2.05) is 12.1 Å². The highest BCUT2D eigenvalue weighted by molar-refractivity contribution is 5.45. The largest absolute Gasteiger partial charge is 0.385 e. The number of anilines is 1. The standard InChI is InChI=1S/C12H16FN/c1-9-2-5-11(8-12(9)13)14-7-6-10-3-4-10/h2,5,8,10,14H,3-4,6-7H2,1H3. The Morgan fingerprint density at radius 3 is 2.86 bits per heavy atom. The molecule has 1 saturated carbocycles. The average Bonchev–Trinajstić information content (AvgIpc) is 2.95. The Morgan fingerprint density at radius 2 is 2.21 bits per heavy atom. The zero-order chi connectivity index (χ0) is 9.97. The molecule has 1 aromatic rings. The summed E-state index contributed by atoms with van der Waals surface area (Å²) < 4.78 is 13.1. The van der Waals surface area contributed by atoms with Gasteiger partial charge < -0.3 is 5.32 Å². The SMILES string of the molecule is Cc1ccc(NCCC2CC2)cc1F. The molecule has 0 unspecified atom stereocenters. The molecule has 76 valence electrons. The van der Waals surface area contributed by atoms with Gasteiger partial charge in [0.25, 0.3) is 0 Å². The van der Waals surface area contributed by atoms with Crippen LogP contribution in [0.4, 0.5) is 10.1 Å². The molecule has 0 heterocycles. The minimum absolute atomic E-state index is 0.124. The molecule has 2 heteroatoms. The van der Waals surface area contributed by atoms with E-state index in [1.165, 1.54) is 19.3 Å². The van der Waals surface area contributed by atoms with Gasteiger partial charge in [-0.15, -0.1) is 0 Å². The summed E-state index contributed by atoms with van der Waals surface area (Å²) in [6.45, 7) is 2.75. The summed E-state index contributed by atoms with van der Waals surface area (Å²) in [5, 5.41) is 3.24. The quantitative estimate of drug-likeness (QED) is 0.773. The van der Waals surface area contributed by atoms with Crippen LogP contribution in [0.1, 0.15) is 24.8 Å². The minimum atomic E-state index is -0.124. The zero-order valence-electron chi connectivity index (χ0n) is 8.52. The second kappa shape index (κ2) is 3.99. The van der Waals surface area contributed by atoms with Crippen LogP contribution in [0.3, 0.4) is 0 Å². The average molecular weight is 193 g/mol.